The number of aliphatic hydroxyl groups is 2. The van der Waals surface area contributed by atoms with Gasteiger partial charge in [0.2, 0.25) is 0 Å². The Labute approximate surface area is 78.4 Å². The average molecular weight is 187 g/mol. The van der Waals surface area contributed by atoms with Gasteiger partial charge in [-0.15, -0.1) is 0 Å². The van der Waals surface area contributed by atoms with Crippen molar-refractivity contribution >= 4 is 0 Å². The summed E-state index contributed by atoms with van der Waals surface area (Å²) >= 11 is 0. The van der Waals surface area contributed by atoms with Crippen LogP contribution in [0.5, 0.6) is 0 Å². The van der Waals surface area contributed by atoms with Crippen LogP contribution < -0.4 is 0 Å². The number of rotatable bonds is 2. The molecule has 76 valence electrons. The van der Waals surface area contributed by atoms with Crippen molar-refractivity contribution in [1.29, 1.82) is 0 Å². The summed E-state index contributed by atoms with van der Waals surface area (Å²) in [7, 11) is 5.23. The van der Waals surface area contributed by atoms with E-state index in [1.54, 1.807) is 6.08 Å². The maximum absolute atomic E-state index is 9.69. The largest absolute Gasteiger partial charge is 0.388 e. The number of hydrogen-bond donors (Lipinski definition) is 2. The second kappa shape index (κ2) is 4.19. The van der Waals surface area contributed by atoms with Crippen molar-refractivity contribution in [3.63, 3.8) is 0 Å². The normalized spacial score (nSPS) is 39.8. The minimum Gasteiger partial charge on any atom is -0.388 e. The lowest BCUT2D eigenvalue weighted by Gasteiger charge is -2.35. The molecule has 0 spiro atoms. The van der Waals surface area contributed by atoms with Gasteiger partial charge in [0.25, 0.3) is 0 Å². The van der Waals surface area contributed by atoms with Gasteiger partial charge in [0.05, 0.1) is 6.04 Å². The fourth-order valence-electron chi connectivity index (χ4n) is 1.54. The van der Waals surface area contributed by atoms with Crippen LogP contribution in [-0.4, -0.2) is 60.7 Å². The van der Waals surface area contributed by atoms with E-state index in [0.717, 1.165) is 0 Å². The van der Waals surface area contributed by atoms with Crippen LogP contribution in [-0.2, 0) is 4.74 Å². The molecule has 0 fully saturated rings. The summed E-state index contributed by atoms with van der Waals surface area (Å²) in [6.07, 6.45) is 1.60. The third-order valence-corrected chi connectivity index (χ3v) is 2.40. The van der Waals surface area contributed by atoms with E-state index < -0.39 is 18.3 Å². The second-order valence-corrected chi connectivity index (χ2v) is 3.52. The fourth-order valence-corrected chi connectivity index (χ4v) is 1.54. The van der Waals surface area contributed by atoms with Gasteiger partial charge in [0.1, 0.15) is 18.3 Å². The van der Waals surface area contributed by atoms with Crippen molar-refractivity contribution < 1.29 is 14.9 Å². The Morgan fingerprint density at radius 3 is 2.23 bits per heavy atom. The molecule has 0 radical (unpaired) electrons. The van der Waals surface area contributed by atoms with Gasteiger partial charge in [-0.2, -0.15) is 0 Å². The van der Waals surface area contributed by atoms with Gasteiger partial charge in [-0.25, -0.2) is 0 Å². The molecule has 0 aliphatic heterocycles. The minimum absolute atomic E-state index is 0.138. The van der Waals surface area contributed by atoms with Gasteiger partial charge in [0, 0.05) is 7.11 Å². The molecular formula is C9H17NO3. The Kier molecular flexibility index (Phi) is 3.44. The predicted octanol–water partition coefficient (Wildman–Crippen LogP) is -0.777. The Bertz CT molecular complexity index is 193. The molecule has 1 aliphatic carbocycles. The number of nitrogens with zero attached hydrogens (tertiary/aromatic N) is 1. The summed E-state index contributed by atoms with van der Waals surface area (Å²) in [6.45, 7) is 0. The molecule has 4 heteroatoms. The topological polar surface area (TPSA) is 52.9 Å². The maximum Gasteiger partial charge on any atom is 0.111 e. The van der Waals surface area contributed by atoms with Crippen molar-refractivity contribution in [2.45, 2.75) is 24.4 Å². The highest BCUT2D eigenvalue weighted by molar-refractivity contribution is 5.11. The summed E-state index contributed by atoms with van der Waals surface area (Å²) in [4.78, 5) is 1.86. The molecule has 0 aromatic carbocycles. The number of hydrogen-bond acceptors (Lipinski definition) is 4. The molecule has 0 bridgehead atoms. The lowest BCUT2D eigenvalue weighted by Crippen LogP contribution is -2.51. The van der Waals surface area contributed by atoms with Gasteiger partial charge < -0.3 is 19.8 Å². The van der Waals surface area contributed by atoms with Crippen molar-refractivity contribution in [3.05, 3.63) is 12.2 Å². The van der Waals surface area contributed by atoms with Crippen LogP contribution in [0.2, 0.25) is 0 Å². The van der Waals surface area contributed by atoms with Crippen LogP contribution >= 0.6 is 0 Å². The molecule has 0 saturated heterocycles. The standard InChI is InChI=1S/C9H17NO3/c1-10(2)6-4-5-7(13-3)9(12)8(6)11/h4-9,11-12H,1-3H3/t6-,7-,8+,9+/m1/s1. The third-order valence-electron chi connectivity index (χ3n) is 2.40. The number of likely N-dealkylation sites (N-methyl/N-ethyl adjacent to an activating group) is 1. The van der Waals surface area contributed by atoms with Crippen LogP contribution in [0.25, 0.3) is 0 Å². The Balaban J connectivity index is 2.74. The van der Waals surface area contributed by atoms with E-state index in [-0.39, 0.29) is 6.04 Å². The molecule has 0 aromatic rings. The monoisotopic (exact) mass is 187 g/mol. The van der Waals surface area contributed by atoms with Crippen molar-refractivity contribution in [3.8, 4) is 0 Å². The first kappa shape index (κ1) is 10.7. The highest BCUT2D eigenvalue weighted by Gasteiger charge is 2.34. The van der Waals surface area contributed by atoms with Gasteiger partial charge in [-0.1, -0.05) is 12.2 Å². The zero-order valence-electron chi connectivity index (χ0n) is 8.21. The zero-order chi connectivity index (χ0) is 10.0. The molecule has 1 rings (SSSR count). The number of aliphatic hydroxyl groups excluding tert-OH is 2. The molecule has 13 heavy (non-hydrogen) atoms. The summed E-state index contributed by atoms with van der Waals surface area (Å²) < 4.78 is 4.99. The first-order valence-corrected chi connectivity index (χ1v) is 4.31. The molecule has 0 saturated carbocycles. The summed E-state index contributed by atoms with van der Waals surface area (Å²) in [5, 5.41) is 19.3. The quantitative estimate of drug-likeness (QED) is 0.557. The highest BCUT2D eigenvalue weighted by Crippen LogP contribution is 2.18. The number of ether oxygens (including phenoxy) is 1. The van der Waals surface area contributed by atoms with E-state index in [9.17, 15) is 10.2 Å². The van der Waals surface area contributed by atoms with Crippen molar-refractivity contribution in [1.82, 2.24) is 4.90 Å². The van der Waals surface area contributed by atoms with Crippen LogP contribution in [0.4, 0.5) is 0 Å². The molecular weight excluding hydrogens is 170 g/mol. The summed E-state index contributed by atoms with van der Waals surface area (Å²) in [5.74, 6) is 0. The second-order valence-electron chi connectivity index (χ2n) is 3.52. The van der Waals surface area contributed by atoms with Crippen LogP contribution in [0, 0.1) is 0 Å². The predicted molar refractivity (Wildman–Crippen MR) is 49.4 cm³/mol. The van der Waals surface area contributed by atoms with Crippen LogP contribution in [0.15, 0.2) is 12.2 Å². The lowest BCUT2D eigenvalue weighted by atomic mass is 9.93. The van der Waals surface area contributed by atoms with Gasteiger partial charge >= 0.3 is 0 Å². The molecule has 4 nitrogen and oxygen atoms in total. The third kappa shape index (κ3) is 2.08. The zero-order valence-corrected chi connectivity index (χ0v) is 8.21. The van der Waals surface area contributed by atoms with Crippen LogP contribution in [0.3, 0.4) is 0 Å². The van der Waals surface area contributed by atoms with E-state index in [1.165, 1.54) is 7.11 Å². The summed E-state index contributed by atoms with van der Waals surface area (Å²) in [6, 6.07) is -0.138. The Morgan fingerprint density at radius 2 is 1.77 bits per heavy atom. The molecule has 4 atom stereocenters. The average Bonchev–Trinajstić information content (AvgIpc) is 2.09. The Morgan fingerprint density at radius 1 is 1.15 bits per heavy atom. The first-order valence-electron chi connectivity index (χ1n) is 4.31. The van der Waals surface area contributed by atoms with E-state index in [2.05, 4.69) is 0 Å². The minimum atomic E-state index is -0.845. The smallest absolute Gasteiger partial charge is 0.111 e. The lowest BCUT2D eigenvalue weighted by molar-refractivity contribution is -0.0816. The summed E-state index contributed by atoms with van der Waals surface area (Å²) in [5.41, 5.74) is 0. The van der Waals surface area contributed by atoms with E-state index in [0.29, 0.717) is 0 Å². The van der Waals surface area contributed by atoms with Gasteiger partial charge in [0.15, 0.2) is 0 Å². The SMILES string of the molecule is CO[C@@H]1C=C[C@@H](N(C)C)[C@H](O)[C@H]1O. The van der Waals surface area contributed by atoms with Crippen molar-refractivity contribution in [2.24, 2.45) is 0 Å². The van der Waals surface area contributed by atoms with E-state index >= 15 is 0 Å². The molecule has 0 aromatic heterocycles. The molecule has 0 heterocycles. The molecule has 0 unspecified atom stereocenters. The highest BCUT2D eigenvalue weighted by atomic mass is 16.5. The number of methoxy groups -OCH3 is 1. The van der Waals surface area contributed by atoms with Gasteiger partial charge in [-0.05, 0) is 14.1 Å². The first-order chi connectivity index (χ1) is 6.07. The maximum atomic E-state index is 9.69. The molecule has 1 aliphatic rings. The van der Waals surface area contributed by atoms with Gasteiger partial charge in [-0.3, -0.25) is 0 Å². The van der Waals surface area contributed by atoms with E-state index in [4.69, 9.17) is 4.74 Å². The fraction of sp³-hybridized carbons (Fsp3) is 0.778. The molecule has 2 N–H and O–H groups in total. The van der Waals surface area contributed by atoms with Crippen LogP contribution in [0.1, 0.15) is 0 Å². The van der Waals surface area contributed by atoms with E-state index in [1.807, 2.05) is 25.1 Å². The van der Waals surface area contributed by atoms with Crippen molar-refractivity contribution in [2.75, 3.05) is 21.2 Å². The Hall–Kier alpha value is -0.420. The molecule has 0 amide bonds.